The van der Waals surface area contributed by atoms with Gasteiger partial charge in [-0.3, -0.25) is 0 Å². The van der Waals surface area contributed by atoms with Crippen molar-refractivity contribution in [3.05, 3.63) is 248 Å². The zero-order chi connectivity index (χ0) is 42.8. The van der Waals surface area contributed by atoms with Crippen LogP contribution in [0.5, 0.6) is 0 Å². The molecule has 0 aliphatic heterocycles. The Morgan fingerprint density at radius 1 is 0.297 bits per heavy atom. The summed E-state index contributed by atoms with van der Waals surface area (Å²) in [6, 6.07) is 87.2. The summed E-state index contributed by atoms with van der Waals surface area (Å²) < 4.78 is 0. The molecule has 1 aliphatic carbocycles. The molecular weight excluding hydrogens is 771 g/mol. The van der Waals surface area contributed by atoms with Crippen molar-refractivity contribution in [3.63, 3.8) is 0 Å². The summed E-state index contributed by atoms with van der Waals surface area (Å²) >= 11 is 0. The summed E-state index contributed by atoms with van der Waals surface area (Å²) in [7, 11) is 0. The van der Waals surface area contributed by atoms with Gasteiger partial charge in [0.1, 0.15) is 0 Å². The van der Waals surface area contributed by atoms with Gasteiger partial charge >= 0.3 is 0 Å². The number of fused-ring (bicyclic) bond motifs is 7. The highest BCUT2D eigenvalue weighted by molar-refractivity contribution is 6.12. The standard InChI is InChI=1S/C63H45N/c1-63(2)59-30-10-8-24-55(59)56-39-35-46(41-60(56)63)42-32-36-48(37-33-42)64(49-22-12-21-47(40-49)51-26-15-28-53-50-23-7-6-18-44(50)34-38-54(51)53)61-31-11-9-25-57(61)58-29-14-20-45-19-13-27-52(62(45)58)43-16-4-3-5-17-43/h3-41H,1-2H3. The number of nitrogens with zero attached hydrogens (tertiary/aromatic N) is 1. The zero-order valence-electron chi connectivity index (χ0n) is 36.0. The SMILES string of the molecule is CC1(C)c2ccccc2-c2ccc(-c3ccc(N(c4cccc(-c5cccc6c5ccc5ccccc56)c4)c4ccccc4-c4cccc5cccc(-c6ccccc6)c45)cc3)cc21. The van der Waals surface area contributed by atoms with Crippen LogP contribution in [0.3, 0.4) is 0 Å². The van der Waals surface area contributed by atoms with Crippen LogP contribution in [-0.2, 0) is 5.41 Å². The van der Waals surface area contributed by atoms with Crippen LogP contribution in [0, 0.1) is 0 Å². The molecule has 0 unspecified atom stereocenters. The van der Waals surface area contributed by atoms with Crippen molar-refractivity contribution in [2.45, 2.75) is 19.3 Å². The fraction of sp³-hybridized carbons (Fsp3) is 0.0476. The highest BCUT2D eigenvalue weighted by atomic mass is 15.1. The van der Waals surface area contributed by atoms with Crippen LogP contribution in [0.1, 0.15) is 25.0 Å². The third-order valence-electron chi connectivity index (χ3n) is 13.7. The summed E-state index contributed by atoms with van der Waals surface area (Å²) in [5, 5.41) is 7.51. The second-order valence-electron chi connectivity index (χ2n) is 17.6. The number of hydrogen-bond acceptors (Lipinski definition) is 1. The van der Waals surface area contributed by atoms with Crippen molar-refractivity contribution in [1.82, 2.24) is 0 Å². The average Bonchev–Trinajstić information content (AvgIpc) is 3.59. The second-order valence-corrected chi connectivity index (χ2v) is 17.6. The molecule has 1 nitrogen and oxygen atoms in total. The quantitative estimate of drug-likeness (QED) is 0.145. The van der Waals surface area contributed by atoms with Crippen molar-refractivity contribution in [3.8, 4) is 55.6 Å². The van der Waals surface area contributed by atoms with Crippen LogP contribution in [0.25, 0.3) is 88.0 Å². The average molecular weight is 816 g/mol. The zero-order valence-corrected chi connectivity index (χ0v) is 36.0. The minimum atomic E-state index is -0.0629. The Labute approximate surface area is 375 Å². The molecule has 0 heterocycles. The van der Waals surface area contributed by atoms with Crippen molar-refractivity contribution in [2.75, 3.05) is 4.90 Å². The first-order valence-electron chi connectivity index (χ1n) is 22.3. The van der Waals surface area contributed by atoms with E-state index in [1.807, 2.05) is 0 Å². The molecule has 0 radical (unpaired) electrons. The summed E-state index contributed by atoms with van der Waals surface area (Å²) in [5.74, 6) is 0. The Bertz CT molecular complexity index is 3570. The molecule has 0 N–H and O–H groups in total. The van der Waals surface area contributed by atoms with Crippen LogP contribution < -0.4 is 4.90 Å². The highest BCUT2D eigenvalue weighted by Gasteiger charge is 2.35. The van der Waals surface area contributed by atoms with E-state index in [1.54, 1.807) is 0 Å². The van der Waals surface area contributed by atoms with E-state index in [4.69, 9.17) is 0 Å². The van der Waals surface area contributed by atoms with E-state index in [9.17, 15) is 0 Å². The maximum absolute atomic E-state index is 2.45. The maximum atomic E-state index is 2.45. The Kier molecular flexibility index (Phi) is 8.91. The summed E-state index contributed by atoms with van der Waals surface area (Å²) in [6.45, 7) is 4.71. The van der Waals surface area contributed by atoms with E-state index < -0.39 is 0 Å². The summed E-state index contributed by atoms with van der Waals surface area (Å²) in [5.41, 5.74) is 18.3. The smallest absolute Gasteiger partial charge is 0.0540 e. The molecule has 0 saturated carbocycles. The first kappa shape index (κ1) is 37.7. The van der Waals surface area contributed by atoms with Crippen LogP contribution >= 0.6 is 0 Å². The Balaban J connectivity index is 1.03. The first-order valence-corrected chi connectivity index (χ1v) is 22.3. The van der Waals surface area contributed by atoms with Crippen molar-refractivity contribution < 1.29 is 0 Å². The molecule has 11 aromatic carbocycles. The lowest BCUT2D eigenvalue weighted by atomic mass is 9.81. The molecule has 0 aromatic heterocycles. The first-order chi connectivity index (χ1) is 31.5. The molecule has 64 heavy (non-hydrogen) atoms. The van der Waals surface area contributed by atoms with Crippen LogP contribution in [-0.4, -0.2) is 0 Å². The third-order valence-corrected chi connectivity index (χ3v) is 13.7. The normalized spacial score (nSPS) is 12.7. The lowest BCUT2D eigenvalue weighted by Gasteiger charge is -2.29. The molecule has 11 aromatic rings. The van der Waals surface area contributed by atoms with Gasteiger partial charge in [0.2, 0.25) is 0 Å². The molecule has 0 fully saturated rings. The minimum absolute atomic E-state index is 0.0629. The third kappa shape index (κ3) is 6.15. The molecule has 0 bridgehead atoms. The number of hydrogen-bond donors (Lipinski definition) is 0. The van der Waals surface area contributed by atoms with Crippen molar-refractivity contribution >= 4 is 49.4 Å². The van der Waals surface area contributed by atoms with Gasteiger partial charge in [0.25, 0.3) is 0 Å². The van der Waals surface area contributed by atoms with E-state index in [1.165, 1.54) is 99.1 Å². The summed E-state index contributed by atoms with van der Waals surface area (Å²) in [6.07, 6.45) is 0. The predicted molar refractivity (Wildman–Crippen MR) is 273 cm³/mol. The van der Waals surface area contributed by atoms with E-state index in [0.717, 1.165) is 17.1 Å². The topological polar surface area (TPSA) is 3.24 Å². The molecule has 1 heteroatoms. The highest BCUT2D eigenvalue weighted by Crippen LogP contribution is 2.50. The monoisotopic (exact) mass is 815 g/mol. The van der Waals surface area contributed by atoms with Crippen LogP contribution in [0.4, 0.5) is 17.1 Å². The van der Waals surface area contributed by atoms with Gasteiger partial charge in [-0.1, -0.05) is 214 Å². The Morgan fingerprint density at radius 2 is 0.906 bits per heavy atom. The lowest BCUT2D eigenvalue weighted by molar-refractivity contribution is 0.660. The van der Waals surface area contributed by atoms with Crippen LogP contribution in [0.2, 0.25) is 0 Å². The number of benzene rings is 11. The van der Waals surface area contributed by atoms with Gasteiger partial charge < -0.3 is 4.90 Å². The molecule has 0 saturated heterocycles. The predicted octanol–water partition coefficient (Wildman–Crippen LogP) is 17.6. The van der Waals surface area contributed by atoms with E-state index in [-0.39, 0.29) is 5.41 Å². The van der Waals surface area contributed by atoms with Gasteiger partial charge in [0.15, 0.2) is 0 Å². The fourth-order valence-electron chi connectivity index (χ4n) is 10.5. The lowest BCUT2D eigenvalue weighted by Crippen LogP contribution is -2.14. The molecule has 12 rings (SSSR count). The van der Waals surface area contributed by atoms with E-state index >= 15 is 0 Å². The van der Waals surface area contributed by atoms with E-state index in [0.29, 0.717) is 0 Å². The maximum Gasteiger partial charge on any atom is 0.0540 e. The van der Waals surface area contributed by atoms with Gasteiger partial charge in [0, 0.05) is 22.4 Å². The van der Waals surface area contributed by atoms with Gasteiger partial charge in [-0.25, -0.2) is 0 Å². The van der Waals surface area contributed by atoms with Gasteiger partial charge in [-0.15, -0.1) is 0 Å². The van der Waals surface area contributed by atoms with Crippen molar-refractivity contribution in [2.24, 2.45) is 0 Å². The summed E-state index contributed by atoms with van der Waals surface area (Å²) in [4.78, 5) is 2.45. The number of para-hydroxylation sites is 1. The van der Waals surface area contributed by atoms with Gasteiger partial charge in [-0.05, 0) is 130 Å². The van der Waals surface area contributed by atoms with Crippen molar-refractivity contribution in [1.29, 1.82) is 0 Å². The molecule has 0 atom stereocenters. The molecule has 1 aliphatic rings. The number of anilines is 3. The Morgan fingerprint density at radius 3 is 1.77 bits per heavy atom. The molecule has 302 valence electrons. The fourth-order valence-corrected chi connectivity index (χ4v) is 10.5. The van der Waals surface area contributed by atoms with E-state index in [2.05, 4.69) is 255 Å². The minimum Gasteiger partial charge on any atom is -0.310 e. The van der Waals surface area contributed by atoms with Gasteiger partial charge in [0.05, 0.1) is 5.69 Å². The molecular formula is C63H45N. The molecule has 0 spiro atoms. The molecule has 0 amide bonds. The number of rotatable bonds is 7. The second kappa shape index (κ2) is 15.1. The van der Waals surface area contributed by atoms with Crippen LogP contribution in [0.15, 0.2) is 237 Å². The Hall–Kier alpha value is -8.00. The largest absolute Gasteiger partial charge is 0.310 e. The van der Waals surface area contributed by atoms with Gasteiger partial charge in [-0.2, -0.15) is 0 Å².